The van der Waals surface area contributed by atoms with Crippen molar-refractivity contribution >= 4 is 5.97 Å². The quantitative estimate of drug-likeness (QED) is 0.604. The molecule has 3 aromatic heterocycles. The molecule has 146 valence electrons. The van der Waals surface area contributed by atoms with Crippen LogP contribution >= 0.6 is 0 Å². The fraction of sp³-hybridized carbons (Fsp3) is 0.300. The van der Waals surface area contributed by atoms with Crippen LogP contribution in [-0.2, 0) is 22.5 Å². The Kier molecular flexibility index (Phi) is 5.88. The van der Waals surface area contributed by atoms with Crippen LogP contribution in [0.4, 0.5) is 0 Å². The summed E-state index contributed by atoms with van der Waals surface area (Å²) in [4.78, 5) is 36.3. The molecule has 8 heteroatoms. The number of hydrogen-bond acceptors (Lipinski definition) is 6. The van der Waals surface area contributed by atoms with Gasteiger partial charge in [-0.1, -0.05) is 6.07 Å². The van der Waals surface area contributed by atoms with Crippen molar-refractivity contribution in [2.45, 2.75) is 32.2 Å². The number of carbonyl (C=O) groups excluding carboxylic acids is 1. The van der Waals surface area contributed by atoms with Gasteiger partial charge in [0.25, 0.3) is 5.56 Å². The number of aromatic nitrogens is 4. The normalized spacial score (nSPS) is 11.9. The number of methoxy groups -OCH3 is 1. The Morgan fingerprint density at radius 3 is 2.82 bits per heavy atom. The maximum Gasteiger partial charge on any atom is 0.306 e. The summed E-state index contributed by atoms with van der Waals surface area (Å²) in [6.07, 6.45) is 6.99. The van der Waals surface area contributed by atoms with E-state index in [9.17, 15) is 14.7 Å². The van der Waals surface area contributed by atoms with Crippen LogP contribution in [0, 0.1) is 6.92 Å². The number of aromatic hydroxyl groups is 1. The molecule has 0 aliphatic heterocycles. The van der Waals surface area contributed by atoms with Crippen LogP contribution in [-0.4, -0.2) is 37.7 Å². The fourth-order valence-electron chi connectivity index (χ4n) is 3.25. The number of nitrogens with one attached hydrogen (secondary N) is 1. The predicted octanol–water partition coefficient (Wildman–Crippen LogP) is 1.92. The Balaban J connectivity index is 2.05. The maximum atomic E-state index is 13.3. The van der Waals surface area contributed by atoms with Crippen molar-refractivity contribution in [3.8, 4) is 5.75 Å². The largest absolute Gasteiger partial charge is 0.507 e. The Morgan fingerprint density at radius 2 is 2.18 bits per heavy atom. The van der Waals surface area contributed by atoms with Crippen molar-refractivity contribution in [2.24, 2.45) is 0 Å². The Bertz CT molecular complexity index is 997. The van der Waals surface area contributed by atoms with E-state index in [0.29, 0.717) is 24.2 Å². The Labute approximate surface area is 161 Å². The van der Waals surface area contributed by atoms with Gasteiger partial charge in [0.1, 0.15) is 5.75 Å². The molecule has 3 heterocycles. The topological polar surface area (TPSA) is 110 Å². The van der Waals surface area contributed by atoms with E-state index in [2.05, 4.69) is 15.0 Å². The first-order valence-electron chi connectivity index (χ1n) is 8.88. The standard InChI is InChI=1S/C20H22N4O4/c1-13-8-17(25)19(20(27)24(13)7-5-15-11-22-12-23-15)16(9-18(26)28-2)14-4-3-6-21-10-14/h3-4,6,8,10-12,16,25H,5,7,9H2,1-2H3,(H,22,23)/t16-/m1/s1. The summed E-state index contributed by atoms with van der Waals surface area (Å²) < 4.78 is 6.39. The van der Waals surface area contributed by atoms with Crippen molar-refractivity contribution < 1.29 is 14.6 Å². The second kappa shape index (κ2) is 8.51. The molecule has 0 fully saturated rings. The summed E-state index contributed by atoms with van der Waals surface area (Å²) in [6, 6.07) is 5.04. The molecule has 0 spiro atoms. The average molecular weight is 382 g/mol. The molecule has 8 nitrogen and oxygen atoms in total. The number of esters is 1. The summed E-state index contributed by atoms with van der Waals surface area (Å²) in [6.45, 7) is 2.18. The average Bonchev–Trinajstić information content (AvgIpc) is 3.20. The molecule has 0 saturated carbocycles. The first-order chi connectivity index (χ1) is 13.5. The van der Waals surface area contributed by atoms with Crippen LogP contribution < -0.4 is 5.56 Å². The van der Waals surface area contributed by atoms with Crippen LogP contribution in [0.3, 0.4) is 0 Å². The van der Waals surface area contributed by atoms with E-state index in [0.717, 1.165) is 5.69 Å². The highest BCUT2D eigenvalue weighted by Gasteiger charge is 2.26. The minimum atomic E-state index is -0.660. The minimum absolute atomic E-state index is 0.0748. The van der Waals surface area contributed by atoms with Gasteiger partial charge in [0, 0.05) is 48.9 Å². The van der Waals surface area contributed by atoms with Crippen molar-refractivity contribution in [1.29, 1.82) is 0 Å². The third-order valence-corrected chi connectivity index (χ3v) is 4.72. The number of rotatable bonds is 7. The summed E-state index contributed by atoms with van der Waals surface area (Å²) >= 11 is 0. The van der Waals surface area contributed by atoms with Crippen molar-refractivity contribution in [3.63, 3.8) is 0 Å². The lowest BCUT2D eigenvalue weighted by molar-refractivity contribution is -0.140. The zero-order chi connectivity index (χ0) is 20.1. The smallest absolute Gasteiger partial charge is 0.306 e. The van der Waals surface area contributed by atoms with Crippen LogP contribution in [0.2, 0.25) is 0 Å². The number of nitrogens with zero attached hydrogens (tertiary/aromatic N) is 3. The lowest BCUT2D eigenvalue weighted by Gasteiger charge is -2.20. The number of pyridine rings is 2. The van der Waals surface area contributed by atoms with Gasteiger partial charge in [0.2, 0.25) is 0 Å². The SMILES string of the molecule is COC(=O)C[C@H](c1cccnc1)c1c(O)cc(C)n(CCc2cnc[nH]2)c1=O. The number of aromatic amines is 1. The van der Waals surface area contributed by atoms with Gasteiger partial charge in [0.05, 0.1) is 25.4 Å². The van der Waals surface area contributed by atoms with Gasteiger partial charge >= 0.3 is 5.97 Å². The minimum Gasteiger partial charge on any atom is -0.507 e. The summed E-state index contributed by atoms with van der Waals surface area (Å²) in [5.41, 5.74) is 2.01. The highest BCUT2D eigenvalue weighted by Crippen LogP contribution is 2.32. The summed E-state index contributed by atoms with van der Waals surface area (Å²) in [5.74, 6) is -1.28. The Morgan fingerprint density at radius 1 is 1.36 bits per heavy atom. The molecular weight excluding hydrogens is 360 g/mol. The molecule has 0 bridgehead atoms. The second-order valence-corrected chi connectivity index (χ2v) is 6.49. The van der Waals surface area contributed by atoms with Crippen LogP contribution in [0.15, 0.2) is 47.9 Å². The highest BCUT2D eigenvalue weighted by atomic mass is 16.5. The molecule has 2 N–H and O–H groups in total. The monoisotopic (exact) mass is 382 g/mol. The van der Waals surface area contributed by atoms with E-state index in [1.165, 1.54) is 7.11 Å². The van der Waals surface area contributed by atoms with Gasteiger partial charge in [-0.2, -0.15) is 0 Å². The number of ether oxygens (including phenoxy) is 1. The zero-order valence-corrected chi connectivity index (χ0v) is 15.8. The molecule has 0 aliphatic carbocycles. The molecule has 3 rings (SSSR count). The van der Waals surface area contributed by atoms with Crippen LogP contribution in [0.5, 0.6) is 5.75 Å². The highest BCUT2D eigenvalue weighted by molar-refractivity contribution is 5.71. The fourth-order valence-corrected chi connectivity index (χ4v) is 3.25. The first kappa shape index (κ1) is 19.3. The van der Waals surface area contributed by atoms with Gasteiger partial charge in [-0.3, -0.25) is 14.6 Å². The summed E-state index contributed by atoms with van der Waals surface area (Å²) in [7, 11) is 1.29. The molecule has 0 amide bonds. The van der Waals surface area contributed by atoms with Crippen molar-refractivity contribution in [1.82, 2.24) is 19.5 Å². The molecule has 0 saturated heterocycles. The van der Waals surface area contributed by atoms with Gasteiger partial charge in [-0.05, 0) is 24.6 Å². The van der Waals surface area contributed by atoms with Gasteiger partial charge in [0.15, 0.2) is 0 Å². The van der Waals surface area contributed by atoms with Crippen LogP contribution in [0.1, 0.15) is 34.9 Å². The van der Waals surface area contributed by atoms with Gasteiger partial charge < -0.3 is 19.4 Å². The Hall–Kier alpha value is -3.42. The van der Waals surface area contributed by atoms with Crippen molar-refractivity contribution in [2.75, 3.05) is 7.11 Å². The third-order valence-electron chi connectivity index (χ3n) is 4.72. The van der Waals surface area contributed by atoms with E-state index in [1.54, 1.807) is 54.6 Å². The number of H-pyrrole nitrogens is 1. The van der Waals surface area contributed by atoms with E-state index in [4.69, 9.17) is 4.74 Å². The number of carbonyl (C=O) groups is 1. The molecular formula is C20H22N4O4. The first-order valence-corrected chi connectivity index (χ1v) is 8.88. The van der Waals surface area contributed by atoms with E-state index < -0.39 is 11.9 Å². The second-order valence-electron chi connectivity index (χ2n) is 6.49. The lowest BCUT2D eigenvalue weighted by Crippen LogP contribution is -2.29. The molecule has 0 aliphatic rings. The molecule has 0 aromatic carbocycles. The lowest BCUT2D eigenvalue weighted by atomic mass is 9.89. The number of hydrogen-bond donors (Lipinski definition) is 2. The number of aryl methyl sites for hydroxylation is 2. The number of imidazole rings is 1. The molecule has 28 heavy (non-hydrogen) atoms. The zero-order valence-electron chi connectivity index (χ0n) is 15.8. The molecule has 0 radical (unpaired) electrons. The van der Waals surface area contributed by atoms with E-state index in [-0.39, 0.29) is 23.3 Å². The molecule has 1 atom stereocenters. The predicted molar refractivity (Wildman–Crippen MR) is 102 cm³/mol. The van der Waals surface area contributed by atoms with E-state index >= 15 is 0 Å². The van der Waals surface area contributed by atoms with Gasteiger partial charge in [-0.15, -0.1) is 0 Å². The molecule has 3 aromatic rings. The van der Waals surface area contributed by atoms with E-state index in [1.807, 2.05) is 0 Å². The molecule has 0 unspecified atom stereocenters. The van der Waals surface area contributed by atoms with Crippen LogP contribution in [0.25, 0.3) is 0 Å². The third kappa shape index (κ3) is 4.11. The van der Waals surface area contributed by atoms with Gasteiger partial charge in [-0.25, -0.2) is 4.98 Å². The van der Waals surface area contributed by atoms with Crippen molar-refractivity contribution in [3.05, 3.63) is 76.0 Å². The maximum absolute atomic E-state index is 13.3. The summed E-state index contributed by atoms with van der Waals surface area (Å²) in [5, 5.41) is 10.6.